The van der Waals surface area contributed by atoms with E-state index in [9.17, 15) is 9.90 Å². The summed E-state index contributed by atoms with van der Waals surface area (Å²) in [5.74, 6) is 4.37. The lowest BCUT2D eigenvalue weighted by atomic mass is 9.49. The van der Waals surface area contributed by atoms with Crippen LogP contribution in [0.15, 0.2) is 12.4 Å². The maximum absolute atomic E-state index is 13.1. The van der Waals surface area contributed by atoms with E-state index in [2.05, 4.69) is 17.1 Å². The smallest absolute Gasteiger partial charge is 0.159 e. The molecule has 4 aliphatic carbocycles. The number of Topliss-reactive ketones (excluding diaryl/α,β-unsaturated/α-hetero) is 1. The van der Waals surface area contributed by atoms with Gasteiger partial charge in [0.05, 0.1) is 18.0 Å². The van der Waals surface area contributed by atoms with E-state index in [0.717, 1.165) is 42.9 Å². The molecule has 8 atom stereocenters. The third kappa shape index (κ3) is 2.96. The predicted molar refractivity (Wildman–Crippen MR) is 106 cm³/mol. The molecule has 0 aliphatic heterocycles. The van der Waals surface area contributed by atoms with Crippen molar-refractivity contribution in [2.24, 2.45) is 40.9 Å². The van der Waals surface area contributed by atoms with Crippen molar-refractivity contribution in [3.05, 3.63) is 12.4 Å². The number of hydrogen-bond donors (Lipinski definition) is 1. The largest absolute Gasteiger partial charge is 0.390 e. The molecule has 4 aliphatic rings. The van der Waals surface area contributed by atoms with Crippen LogP contribution in [0.5, 0.6) is 0 Å². The number of aromatic nitrogens is 3. The number of hydrogen-bond acceptors (Lipinski definition) is 4. The van der Waals surface area contributed by atoms with Crippen LogP contribution in [-0.2, 0) is 11.3 Å². The molecule has 0 radical (unpaired) electrons. The van der Waals surface area contributed by atoms with Gasteiger partial charge in [-0.25, -0.2) is 0 Å². The molecule has 1 heterocycles. The van der Waals surface area contributed by atoms with Crippen LogP contribution in [0.4, 0.5) is 0 Å². The summed E-state index contributed by atoms with van der Waals surface area (Å²) in [6.07, 6.45) is 13.8. The summed E-state index contributed by atoms with van der Waals surface area (Å²) in [5.41, 5.74) is -0.277. The first-order chi connectivity index (χ1) is 13.4. The van der Waals surface area contributed by atoms with Crippen molar-refractivity contribution in [3.63, 3.8) is 0 Å². The molecule has 4 saturated carbocycles. The highest BCUT2D eigenvalue weighted by atomic mass is 16.3. The molecule has 0 bridgehead atoms. The highest BCUT2D eigenvalue weighted by Crippen LogP contribution is 2.64. The lowest BCUT2D eigenvalue weighted by Crippen LogP contribution is -2.51. The Labute approximate surface area is 168 Å². The molecule has 0 amide bonds. The van der Waals surface area contributed by atoms with Crippen LogP contribution in [0.1, 0.15) is 71.6 Å². The fraction of sp³-hybridized carbons (Fsp3) is 0.870. The lowest BCUT2D eigenvalue weighted by Gasteiger charge is -2.56. The van der Waals surface area contributed by atoms with Gasteiger partial charge in [0, 0.05) is 5.92 Å². The molecule has 0 saturated heterocycles. The zero-order valence-electron chi connectivity index (χ0n) is 17.4. The molecule has 5 heteroatoms. The third-order valence-electron chi connectivity index (χ3n) is 9.39. The fourth-order valence-corrected chi connectivity index (χ4v) is 8.19. The van der Waals surface area contributed by atoms with E-state index in [0.29, 0.717) is 18.2 Å². The topological polar surface area (TPSA) is 68.0 Å². The van der Waals surface area contributed by atoms with Gasteiger partial charge in [-0.2, -0.15) is 15.0 Å². The van der Waals surface area contributed by atoms with Gasteiger partial charge in [0.1, 0.15) is 6.54 Å². The fourth-order valence-electron chi connectivity index (χ4n) is 8.19. The molecule has 5 rings (SSSR count). The van der Waals surface area contributed by atoms with Crippen LogP contribution in [-0.4, -0.2) is 31.5 Å². The monoisotopic (exact) mass is 385 g/mol. The highest BCUT2D eigenvalue weighted by molar-refractivity contribution is 5.81. The van der Waals surface area contributed by atoms with Crippen molar-refractivity contribution >= 4 is 5.78 Å². The molecular weight excluding hydrogens is 350 g/mol. The molecule has 1 N–H and O–H groups in total. The number of carbonyl (C=O) groups excluding carboxylic acids is 1. The Morgan fingerprint density at radius 3 is 2.54 bits per heavy atom. The summed E-state index contributed by atoms with van der Waals surface area (Å²) >= 11 is 0. The summed E-state index contributed by atoms with van der Waals surface area (Å²) in [6.45, 7) is 4.78. The van der Waals surface area contributed by atoms with E-state index in [1.165, 1.54) is 38.5 Å². The highest BCUT2D eigenvalue weighted by Gasteiger charge is 2.58. The first kappa shape index (κ1) is 18.8. The Balaban J connectivity index is 1.32. The summed E-state index contributed by atoms with van der Waals surface area (Å²) in [4.78, 5) is 14.6. The minimum Gasteiger partial charge on any atom is -0.390 e. The second kappa shape index (κ2) is 6.65. The van der Waals surface area contributed by atoms with Crippen LogP contribution >= 0.6 is 0 Å². The lowest BCUT2D eigenvalue weighted by molar-refractivity contribution is -0.133. The number of rotatable bonds is 3. The van der Waals surface area contributed by atoms with Crippen LogP contribution in [0, 0.1) is 40.9 Å². The number of carbonyl (C=O) groups is 1. The molecule has 3 unspecified atom stereocenters. The maximum atomic E-state index is 13.1. The van der Waals surface area contributed by atoms with Gasteiger partial charge in [-0.15, -0.1) is 0 Å². The zero-order chi connectivity index (χ0) is 19.5. The molecule has 0 aromatic carbocycles. The van der Waals surface area contributed by atoms with E-state index in [-0.39, 0.29) is 11.3 Å². The molecule has 1 aromatic rings. The third-order valence-corrected chi connectivity index (χ3v) is 9.39. The van der Waals surface area contributed by atoms with E-state index >= 15 is 0 Å². The summed E-state index contributed by atoms with van der Waals surface area (Å²) in [6, 6.07) is 0. The minimum absolute atomic E-state index is 0.165. The second-order valence-electron chi connectivity index (χ2n) is 10.9. The molecule has 1 aromatic heterocycles. The van der Waals surface area contributed by atoms with Gasteiger partial charge in [0.15, 0.2) is 5.78 Å². The van der Waals surface area contributed by atoms with Crippen molar-refractivity contribution in [2.45, 2.75) is 83.8 Å². The van der Waals surface area contributed by atoms with Gasteiger partial charge in [-0.1, -0.05) is 6.92 Å². The average molecular weight is 386 g/mol. The molecule has 5 nitrogen and oxygen atoms in total. The van der Waals surface area contributed by atoms with Gasteiger partial charge in [-0.3, -0.25) is 4.79 Å². The summed E-state index contributed by atoms with van der Waals surface area (Å²) in [5, 5.41) is 18.8. The van der Waals surface area contributed by atoms with Crippen molar-refractivity contribution in [3.8, 4) is 0 Å². The Morgan fingerprint density at radius 2 is 1.75 bits per heavy atom. The van der Waals surface area contributed by atoms with Crippen molar-refractivity contribution in [2.75, 3.05) is 0 Å². The standard InChI is InChI=1S/C23H35N3O2/c1-22(28)9-7-16-15(13-22)3-4-18-17(16)8-10-23(2)19(18)5-6-20(23)21(27)14-26-24-11-12-25-26/h11-12,15-20,28H,3-10,13-14H2,1-2H3/t15-,16+,17?,18?,19?,20-,22-,23+/m1/s1. The Hall–Kier alpha value is -1.23. The molecule has 28 heavy (non-hydrogen) atoms. The van der Waals surface area contributed by atoms with Gasteiger partial charge in [0.25, 0.3) is 0 Å². The average Bonchev–Trinajstić information content (AvgIpc) is 3.27. The summed E-state index contributed by atoms with van der Waals surface area (Å²) in [7, 11) is 0. The van der Waals surface area contributed by atoms with Crippen LogP contribution in [0.25, 0.3) is 0 Å². The van der Waals surface area contributed by atoms with E-state index in [4.69, 9.17) is 0 Å². The molecule has 4 fully saturated rings. The quantitative estimate of drug-likeness (QED) is 0.858. The Kier molecular flexibility index (Phi) is 4.46. The Morgan fingerprint density at radius 1 is 1.00 bits per heavy atom. The van der Waals surface area contributed by atoms with Crippen LogP contribution in [0.2, 0.25) is 0 Å². The van der Waals surface area contributed by atoms with Crippen LogP contribution < -0.4 is 0 Å². The number of aliphatic hydroxyl groups is 1. The Bertz CT molecular complexity index is 730. The first-order valence-electron chi connectivity index (χ1n) is 11.5. The van der Waals surface area contributed by atoms with E-state index in [1.54, 1.807) is 17.2 Å². The number of nitrogens with zero attached hydrogens (tertiary/aromatic N) is 3. The summed E-state index contributed by atoms with van der Waals surface area (Å²) < 4.78 is 0. The molecule has 0 spiro atoms. The maximum Gasteiger partial charge on any atom is 0.159 e. The van der Waals surface area contributed by atoms with Crippen molar-refractivity contribution in [1.82, 2.24) is 15.0 Å². The second-order valence-corrected chi connectivity index (χ2v) is 10.9. The van der Waals surface area contributed by atoms with Crippen LogP contribution in [0.3, 0.4) is 0 Å². The number of ketones is 1. The van der Waals surface area contributed by atoms with E-state index < -0.39 is 5.60 Å². The van der Waals surface area contributed by atoms with Gasteiger partial charge >= 0.3 is 0 Å². The SMILES string of the molecule is C[C@@]1(O)CC[C@@H]2C3CC[C@@]4(C)C(CC[C@@H]4C(=O)Cn4nccn4)C3CC[C@@H]2C1. The minimum atomic E-state index is -0.442. The molecular formula is C23H35N3O2. The first-order valence-corrected chi connectivity index (χ1v) is 11.5. The molecule has 154 valence electrons. The number of fused-ring (bicyclic) bond motifs is 5. The van der Waals surface area contributed by atoms with Crippen molar-refractivity contribution < 1.29 is 9.90 Å². The predicted octanol–water partition coefficient (Wildman–Crippen LogP) is 3.87. The zero-order valence-corrected chi connectivity index (χ0v) is 17.4. The van der Waals surface area contributed by atoms with Gasteiger partial charge in [0.2, 0.25) is 0 Å². The van der Waals surface area contributed by atoms with E-state index in [1.807, 2.05) is 6.92 Å². The normalized spacial score (nSPS) is 47.8. The van der Waals surface area contributed by atoms with Gasteiger partial charge < -0.3 is 5.11 Å². The van der Waals surface area contributed by atoms with Gasteiger partial charge in [-0.05, 0) is 99.7 Å². The van der Waals surface area contributed by atoms with Crippen molar-refractivity contribution in [1.29, 1.82) is 0 Å².